The lowest BCUT2D eigenvalue weighted by Crippen LogP contribution is -2.28. The van der Waals surface area contributed by atoms with Crippen LogP contribution in [0, 0.1) is 19.8 Å². The van der Waals surface area contributed by atoms with Crippen molar-refractivity contribution in [2.24, 2.45) is 5.92 Å². The molecule has 1 heterocycles. The lowest BCUT2D eigenvalue weighted by Gasteiger charge is -2.22. The minimum absolute atomic E-state index is 0.0600. The van der Waals surface area contributed by atoms with E-state index in [1.54, 1.807) is 6.07 Å². The van der Waals surface area contributed by atoms with E-state index in [4.69, 9.17) is 5.11 Å². The topological polar surface area (TPSA) is 77.8 Å². The summed E-state index contributed by atoms with van der Waals surface area (Å²) in [7, 11) is 0. The molecule has 0 spiro atoms. The third kappa shape index (κ3) is 2.33. The molecule has 1 amide bonds. The zero-order valence-corrected chi connectivity index (χ0v) is 11.0. The molecule has 1 saturated heterocycles. The van der Waals surface area contributed by atoms with Gasteiger partial charge in [-0.05, 0) is 31.0 Å². The summed E-state index contributed by atoms with van der Waals surface area (Å²) in [5, 5.41) is 18.4. The third-order valence-electron chi connectivity index (χ3n) is 3.67. The first kappa shape index (κ1) is 13.5. The van der Waals surface area contributed by atoms with Crippen molar-refractivity contribution < 1.29 is 19.8 Å². The standard InChI is InChI=1S/C14H17NO4/c1-8-3-4-11(14(18)19)13(9(8)2)15-6-10(7-16)5-12(15)17/h3-4,10,16H,5-7H2,1-2H3,(H,18,19). The summed E-state index contributed by atoms with van der Waals surface area (Å²) in [5.41, 5.74) is 2.34. The van der Waals surface area contributed by atoms with Crippen molar-refractivity contribution in [1.82, 2.24) is 0 Å². The number of carbonyl (C=O) groups is 2. The van der Waals surface area contributed by atoms with Crippen molar-refractivity contribution in [1.29, 1.82) is 0 Å². The van der Waals surface area contributed by atoms with Crippen LogP contribution in [0.3, 0.4) is 0 Å². The maximum atomic E-state index is 12.0. The molecule has 0 radical (unpaired) electrons. The monoisotopic (exact) mass is 263 g/mol. The van der Waals surface area contributed by atoms with E-state index in [1.807, 2.05) is 13.8 Å². The second-order valence-electron chi connectivity index (χ2n) is 4.97. The number of carboxylic acid groups (broad SMARTS) is 1. The van der Waals surface area contributed by atoms with E-state index >= 15 is 0 Å². The highest BCUT2D eigenvalue weighted by atomic mass is 16.4. The van der Waals surface area contributed by atoms with Crippen LogP contribution in [-0.4, -0.2) is 35.2 Å². The van der Waals surface area contributed by atoms with Crippen molar-refractivity contribution in [2.45, 2.75) is 20.3 Å². The van der Waals surface area contributed by atoms with Crippen LogP contribution in [0.2, 0.25) is 0 Å². The Balaban J connectivity index is 2.52. The van der Waals surface area contributed by atoms with Gasteiger partial charge in [0.05, 0.1) is 11.3 Å². The van der Waals surface area contributed by atoms with Gasteiger partial charge in [0.1, 0.15) is 0 Å². The van der Waals surface area contributed by atoms with Crippen molar-refractivity contribution in [3.63, 3.8) is 0 Å². The van der Waals surface area contributed by atoms with Gasteiger partial charge in [0, 0.05) is 25.5 Å². The molecule has 1 aliphatic rings. The zero-order chi connectivity index (χ0) is 14.2. The maximum Gasteiger partial charge on any atom is 0.337 e. The van der Waals surface area contributed by atoms with E-state index in [0.717, 1.165) is 11.1 Å². The Labute approximate surface area is 111 Å². The summed E-state index contributed by atoms with van der Waals surface area (Å²) in [6.45, 7) is 4.01. The average Bonchev–Trinajstić information content (AvgIpc) is 2.73. The van der Waals surface area contributed by atoms with E-state index < -0.39 is 5.97 Å². The van der Waals surface area contributed by atoms with Gasteiger partial charge in [0.15, 0.2) is 0 Å². The summed E-state index contributed by atoms with van der Waals surface area (Å²) in [6.07, 6.45) is 0.267. The number of nitrogens with zero attached hydrogens (tertiary/aromatic N) is 1. The number of benzene rings is 1. The summed E-state index contributed by atoms with van der Waals surface area (Å²) in [6, 6.07) is 3.27. The molecule has 5 heteroatoms. The van der Waals surface area contributed by atoms with Crippen LogP contribution in [0.25, 0.3) is 0 Å². The average molecular weight is 263 g/mol. The second-order valence-corrected chi connectivity index (χ2v) is 4.97. The lowest BCUT2D eigenvalue weighted by atomic mass is 10.0. The number of aliphatic hydroxyl groups is 1. The second kappa shape index (κ2) is 5.01. The highest BCUT2D eigenvalue weighted by molar-refractivity contribution is 6.04. The molecule has 0 aliphatic carbocycles. The van der Waals surface area contributed by atoms with Crippen molar-refractivity contribution in [2.75, 3.05) is 18.1 Å². The van der Waals surface area contributed by atoms with Crippen molar-refractivity contribution in [3.05, 3.63) is 28.8 Å². The molecule has 0 aromatic heterocycles. The van der Waals surface area contributed by atoms with Gasteiger partial charge >= 0.3 is 5.97 Å². The molecule has 102 valence electrons. The molecule has 0 saturated carbocycles. The number of aliphatic hydroxyl groups excluding tert-OH is 1. The Bertz CT molecular complexity index is 538. The minimum atomic E-state index is -1.04. The number of carbonyl (C=O) groups excluding carboxylic acids is 1. The Morgan fingerprint density at radius 1 is 1.42 bits per heavy atom. The quantitative estimate of drug-likeness (QED) is 0.862. The minimum Gasteiger partial charge on any atom is -0.478 e. The van der Waals surface area contributed by atoms with Crippen LogP contribution in [0.4, 0.5) is 5.69 Å². The summed E-state index contributed by atoms with van der Waals surface area (Å²) >= 11 is 0. The van der Waals surface area contributed by atoms with Crippen LogP contribution in [0.15, 0.2) is 12.1 Å². The number of hydrogen-bond acceptors (Lipinski definition) is 3. The molecule has 1 fully saturated rings. The van der Waals surface area contributed by atoms with Gasteiger partial charge in [0.2, 0.25) is 5.91 Å². The Morgan fingerprint density at radius 2 is 2.11 bits per heavy atom. The van der Waals surface area contributed by atoms with Crippen molar-refractivity contribution in [3.8, 4) is 0 Å². The Morgan fingerprint density at radius 3 is 2.63 bits per heavy atom. The van der Waals surface area contributed by atoms with E-state index in [0.29, 0.717) is 12.2 Å². The number of anilines is 1. The molecule has 1 atom stereocenters. The fourth-order valence-electron chi connectivity index (χ4n) is 2.44. The summed E-state index contributed by atoms with van der Waals surface area (Å²) in [4.78, 5) is 24.8. The van der Waals surface area contributed by atoms with Crippen LogP contribution < -0.4 is 4.90 Å². The molecule has 5 nitrogen and oxygen atoms in total. The van der Waals surface area contributed by atoms with Crippen LogP contribution in [0.5, 0.6) is 0 Å². The number of aromatic carboxylic acids is 1. The number of carboxylic acids is 1. The van der Waals surface area contributed by atoms with E-state index in [9.17, 15) is 14.7 Å². The first-order valence-electron chi connectivity index (χ1n) is 6.20. The van der Waals surface area contributed by atoms with E-state index in [-0.39, 0.29) is 30.4 Å². The Hall–Kier alpha value is -1.88. The molecular weight excluding hydrogens is 246 g/mol. The van der Waals surface area contributed by atoms with Gasteiger partial charge in [-0.25, -0.2) is 4.79 Å². The van der Waals surface area contributed by atoms with Crippen LogP contribution in [0.1, 0.15) is 27.9 Å². The van der Waals surface area contributed by atoms with Gasteiger partial charge in [-0.1, -0.05) is 6.07 Å². The van der Waals surface area contributed by atoms with E-state index in [2.05, 4.69) is 0 Å². The summed E-state index contributed by atoms with van der Waals surface area (Å²) < 4.78 is 0. The van der Waals surface area contributed by atoms with Gasteiger partial charge in [-0.3, -0.25) is 4.79 Å². The number of hydrogen-bond donors (Lipinski definition) is 2. The lowest BCUT2D eigenvalue weighted by molar-refractivity contribution is -0.117. The fourth-order valence-corrected chi connectivity index (χ4v) is 2.44. The molecule has 1 aromatic rings. The van der Waals surface area contributed by atoms with Crippen LogP contribution >= 0.6 is 0 Å². The molecule has 0 bridgehead atoms. The maximum absolute atomic E-state index is 12.0. The van der Waals surface area contributed by atoms with Gasteiger partial charge in [-0.2, -0.15) is 0 Å². The zero-order valence-electron chi connectivity index (χ0n) is 11.0. The smallest absolute Gasteiger partial charge is 0.337 e. The first-order chi connectivity index (χ1) is 8.95. The number of amides is 1. The molecule has 2 N–H and O–H groups in total. The third-order valence-corrected chi connectivity index (χ3v) is 3.67. The molecule has 1 unspecified atom stereocenters. The number of rotatable bonds is 3. The highest BCUT2D eigenvalue weighted by Crippen LogP contribution is 2.32. The highest BCUT2D eigenvalue weighted by Gasteiger charge is 2.33. The fraction of sp³-hybridized carbons (Fsp3) is 0.429. The molecule has 1 aromatic carbocycles. The van der Waals surface area contributed by atoms with Gasteiger partial charge < -0.3 is 15.1 Å². The van der Waals surface area contributed by atoms with Crippen molar-refractivity contribution >= 4 is 17.6 Å². The SMILES string of the molecule is Cc1ccc(C(=O)O)c(N2CC(CO)CC2=O)c1C. The molecule has 2 rings (SSSR count). The normalized spacial score (nSPS) is 19.0. The molecule has 19 heavy (non-hydrogen) atoms. The largest absolute Gasteiger partial charge is 0.478 e. The molecular formula is C14H17NO4. The van der Waals surface area contributed by atoms with Crippen LogP contribution in [-0.2, 0) is 4.79 Å². The van der Waals surface area contributed by atoms with E-state index in [1.165, 1.54) is 11.0 Å². The predicted octanol–water partition coefficient (Wildman–Crippen LogP) is 1.35. The van der Waals surface area contributed by atoms with Gasteiger partial charge in [-0.15, -0.1) is 0 Å². The summed E-state index contributed by atoms with van der Waals surface area (Å²) in [5.74, 6) is -1.29. The predicted molar refractivity (Wildman–Crippen MR) is 70.4 cm³/mol. The van der Waals surface area contributed by atoms with Gasteiger partial charge in [0.25, 0.3) is 0 Å². The first-order valence-corrected chi connectivity index (χ1v) is 6.20. The molecule has 1 aliphatic heterocycles. The number of aryl methyl sites for hydroxylation is 1. The Kier molecular flexibility index (Phi) is 3.57.